The first-order valence-electron chi connectivity index (χ1n) is 11.2. The molecule has 0 amide bonds. The van der Waals surface area contributed by atoms with Gasteiger partial charge in [-0.05, 0) is 77.6 Å². The van der Waals surface area contributed by atoms with Crippen LogP contribution in [-0.2, 0) is 18.9 Å². The van der Waals surface area contributed by atoms with Gasteiger partial charge in [-0.15, -0.1) is 0 Å². The van der Waals surface area contributed by atoms with Crippen LogP contribution in [-0.4, -0.2) is 17.6 Å². The molecule has 0 aliphatic rings. The van der Waals surface area contributed by atoms with E-state index in [0.29, 0.717) is 34.8 Å². The van der Waals surface area contributed by atoms with E-state index < -0.39 is 29.4 Å². The van der Waals surface area contributed by atoms with Crippen LogP contribution in [0.25, 0.3) is 11.1 Å². The van der Waals surface area contributed by atoms with E-state index in [1.165, 1.54) is 36.4 Å². The normalized spacial score (nSPS) is 12.1. The molecule has 0 saturated carbocycles. The molecule has 3 rings (SSSR count). The molecule has 0 unspecified atom stereocenters. The molecule has 3 nitrogen and oxygen atoms in total. The van der Waals surface area contributed by atoms with E-state index in [0.717, 1.165) is 30.7 Å². The lowest BCUT2D eigenvalue weighted by Gasteiger charge is -2.27. The second kappa shape index (κ2) is 10.6. The lowest BCUT2D eigenvalue weighted by molar-refractivity contribution is -0.138. The number of nitrogens with zero attached hydrogens (tertiary/aromatic N) is 1. The van der Waals surface area contributed by atoms with Crippen molar-refractivity contribution >= 4 is 11.7 Å². The molecule has 36 heavy (non-hydrogen) atoms. The summed E-state index contributed by atoms with van der Waals surface area (Å²) in [5, 5.41) is 9.44. The maximum absolute atomic E-state index is 13.0. The van der Waals surface area contributed by atoms with E-state index in [1.54, 1.807) is 6.07 Å². The monoisotopic (exact) mass is 509 g/mol. The minimum atomic E-state index is -4.51. The van der Waals surface area contributed by atoms with Gasteiger partial charge in [0.25, 0.3) is 0 Å². The Bertz CT molecular complexity index is 1180. The Hall–Kier alpha value is -3.49. The van der Waals surface area contributed by atoms with Crippen molar-refractivity contribution in [3.8, 4) is 11.1 Å². The van der Waals surface area contributed by atoms with Gasteiger partial charge < -0.3 is 10.0 Å². The molecule has 0 fully saturated rings. The maximum Gasteiger partial charge on any atom is 0.416 e. The summed E-state index contributed by atoms with van der Waals surface area (Å²) in [6, 6.07) is 13.6. The molecule has 0 aliphatic heterocycles. The molecule has 0 bridgehead atoms. The van der Waals surface area contributed by atoms with Gasteiger partial charge >= 0.3 is 18.3 Å². The number of carboxylic acid groups (broad SMARTS) is 1. The molecular weight excluding hydrogens is 484 g/mol. The third-order valence-electron chi connectivity index (χ3n) is 5.78. The molecule has 3 aromatic carbocycles. The largest absolute Gasteiger partial charge is 0.478 e. The van der Waals surface area contributed by atoms with Crippen molar-refractivity contribution in [2.75, 3.05) is 11.4 Å². The summed E-state index contributed by atoms with van der Waals surface area (Å²) >= 11 is 0. The second-order valence-corrected chi connectivity index (χ2v) is 8.90. The lowest BCUT2D eigenvalue weighted by Crippen LogP contribution is -2.25. The number of benzene rings is 3. The van der Waals surface area contributed by atoms with Gasteiger partial charge in [-0.1, -0.05) is 32.0 Å². The molecule has 9 heteroatoms. The van der Waals surface area contributed by atoms with Crippen LogP contribution in [0.1, 0.15) is 47.3 Å². The van der Waals surface area contributed by atoms with Gasteiger partial charge in [-0.2, -0.15) is 26.3 Å². The van der Waals surface area contributed by atoms with E-state index in [4.69, 9.17) is 0 Å². The molecule has 0 radical (unpaired) electrons. The summed E-state index contributed by atoms with van der Waals surface area (Å²) in [5.41, 5.74) is 0.379. The van der Waals surface area contributed by atoms with Crippen LogP contribution in [0.15, 0.2) is 66.7 Å². The van der Waals surface area contributed by atoms with Crippen LogP contribution in [0.3, 0.4) is 0 Å². The average Bonchev–Trinajstić information content (AvgIpc) is 2.80. The van der Waals surface area contributed by atoms with Crippen molar-refractivity contribution in [3.05, 3.63) is 89.0 Å². The highest BCUT2D eigenvalue weighted by Crippen LogP contribution is 2.34. The summed E-state index contributed by atoms with van der Waals surface area (Å²) < 4.78 is 78.2. The van der Waals surface area contributed by atoms with Gasteiger partial charge in [0.15, 0.2) is 0 Å². The van der Waals surface area contributed by atoms with E-state index in [9.17, 15) is 36.2 Å². The van der Waals surface area contributed by atoms with Crippen molar-refractivity contribution in [2.24, 2.45) is 5.92 Å². The molecule has 0 heterocycles. The number of aromatic carboxylic acids is 1. The van der Waals surface area contributed by atoms with Crippen LogP contribution in [0.4, 0.5) is 32.0 Å². The lowest BCUT2D eigenvalue weighted by atomic mass is 9.95. The first-order chi connectivity index (χ1) is 16.8. The minimum Gasteiger partial charge on any atom is -0.478 e. The van der Waals surface area contributed by atoms with Gasteiger partial charge in [0.1, 0.15) is 0 Å². The number of alkyl halides is 6. The molecule has 0 atom stereocenters. The van der Waals surface area contributed by atoms with Gasteiger partial charge in [0.2, 0.25) is 0 Å². The smallest absolute Gasteiger partial charge is 0.416 e. The number of carboxylic acids is 1. The zero-order valence-corrected chi connectivity index (χ0v) is 19.6. The number of anilines is 1. The van der Waals surface area contributed by atoms with Crippen LogP contribution < -0.4 is 4.90 Å². The Labute approximate surface area is 205 Å². The topological polar surface area (TPSA) is 40.5 Å². The molecule has 0 saturated heterocycles. The number of halogens is 6. The first-order valence-corrected chi connectivity index (χ1v) is 11.2. The number of rotatable bonds is 8. The number of hydrogen-bond acceptors (Lipinski definition) is 2. The molecular formula is C27H25F6NO2. The van der Waals surface area contributed by atoms with Crippen molar-refractivity contribution in [1.82, 2.24) is 0 Å². The molecule has 1 N–H and O–H groups in total. The second-order valence-electron chi connectivity index (χ2n) is 8.90. The van der Waals surface area contributed by atoms with Crippen LogP contribution in [0.5, 0.6) is 0 Å². The van der Waals surface area contributed by atoms with Crippen molar-refractivity contribution < 1.29 is 36.2 Å². The Kier molecular flexibility index (Phi) is 8.01. The average molecular weight is 509 g/mol. The van der Waals surface area contributed by atoms with Crippen LogP contribution >= 0.6 is 0 Å². The fourth-order valence-corrected chi connectivity index (χ4v) is 3.74. The maximum atomic E-state index is 13.0. The zero-order valence-electron chi connectivity index (χ0n) is 19.6. The van der Waals surface area contributed by atoms with Crippen LogP contribution in [0, 0.1) is 5.92 Å². The van der Waals surface area contributed by atoms with Crippen molar-refractivity contribution in [1.29, 1.82) is 0 Å². The number of hydrogen-bond donors (Lipinski definition) is 1. The molecule has 192 valence electrons. The molecule has 0 aliphatic carbocycles. The molecule has 0 aromatic heterocycles. The third kappa shape index (κ3) is 6.80. The van der Waals surface area contributed by atoms with Gasteiger partial charge in [0, 0.05) is 18.8 Å². The minimum absolute atomic E-state index is 0.0306. The Morgan fingerprint density at radius 1 is 0.833 bits per heavy atom. The standard InChI is InChI=1S/C27H25F6NO2/c1-17(2)13-14-34(23-11-9-22(10-12-23)27(31,32)33)16-20-4-3-19(25(35)36)15-24(20)18-5-7-21(8-6-18)26(28,29)30/h3-12,15,17H,13-14,16H2,1-2H3,(H,35,36). The Morgan fingerprint density at radius 2 is 1.36 bits per heavy atom. The van der Waals surface area contributed by atoms with Crippen molar-refractivity contribution in [2.45, 2.75) is 39.2 Å². The third-order valence-corrected chi connectivity index (χ3v) is 5.78. The molecule has 0 spiro atoms. The Balaban J connectivity index is 2.03. The summed E-state index contributed by atoms with van der Waals surface area (Å²) in [4.78, 5) is 13.4. The van der Waals surface area contributed by atoms with E-state index >= 15 is 0 Å². The SMILES string of the molecule is CC(C)CCN(Cc1ccc(C(=O)O)cc1-c1ccc(C(F)(F)F)cc1)c1ccc(C(F)(F)F)cc1. The van der Waals surface area contributed by atoms with E-state index in [1.807, 2.05) is 18.7 Å². The van der Waals surface area contributed by atoms with Gasteiger partial charge in [-0.3, -0.25) is 0 Å². The van der Waals surface area contributed by atoms with E-state index in [-0.39, 0.29) is 12.1 Å². The summed E-state index contributed by atoms with van der Waals surface area (Å²) in [6.45, 7) is 4.75. The number of carbonyl (C=O) groups is 1. The van der Waals surface area contributed by atoms with Gasteiger partial charge in [0.05, 0.1) is 16.7 Å². The highest BCUT2D eigenvalue weighted by Gasteiger charge is 2.31. The first kappa shape index (κ1) is 27.1. The van der Waals surface area contributed by atoms with E-state index in [2.05, 4.69) is 0 Å². The summed E-state index contributed by atoms with van der Waals surface area (Å²) in [7, 11) is 0. The highest BCUT2D eigenvalue weighted by atomic mass is 19.4. The van der Waals surface area contributed by atoms with Gasteiger partial charge in [-0.25, -0.2) is 4.79 Å². The fourth-order valence-electron chi connectivity index (χ4n) is 3.74. The summed E-state index contributed by atoms with van der Waals surface area (Å²) in [6.07, 6.45) is -8.24. The van der Waals surface area contributed by atoms with Crippen molar-refractivity contribution in [3.63, 3.8) is 0 Å². The Morgan fingerprint density at radius 3 is 1.83 bits per heavy atom. The zero-order chi connectivity index (χ0) is 26.7. The highest BCUT2D eigenvalue weighted by molar-refractivity contribution is 5.90. The predicted octanol–water partition coefficient (Wildman–Crippen LogP) is 8.14. The van der Waals surface area contributed by atoms with Crippen LogP contribution in [0.2, 0.25) is 0 Å². The predicted molar refractivity (Wildman–Crippen MR) is 126 cm³/mol. The quantitative estimate of drug-likeness (QED) is 0.312. The molecule has 3 aromatic rings. The summed E-state index contributed by atoms with van der Waals surface area (Å²) in [5.74, 6) is -0.875. The fraction of sp³-hybridized carbons (Fsp3) is 0.296.